The molecule has 0 saturated carbocycles. The minimum absolute atomic E-state index is 0.138. The van der Waals surface area contributed by atoms with Crippen LogP contribution in [-0.4, -0.2) is 27.1 Å². The van der Waals surface area contributed by atoms with Gasteiger partial charge >= 0.3 is 0 Å². The number of nitrogens with one attached hydrogen (secondary N) is 1. The van der Waals surface area contributed by atoms with E-state index in [4.69, 9.17) is 0 Å². The minimum Gasteiger partial charge on any atom is -0.350 e. The molecule has 9 heteroatoms. The lowest BCUT2D eigenvalue weighted by molar-refractivity contribution is -0.119. The van der Waals surface area contributed by atoms with Gasteiger partial charge in [0.25, 0.3) is 0 Å². The molecule has 1 N–H and O–H groups in total. The van der Waals surface area contributed by atoms with Crippen molar-refractivity contribution in [2.75, 3.05) is 17.1 Å². The van der Waals surface area contributed by atoms with E-state index in [-0.39, 0.29) is 17.8 Å². The molecule has 0 fully saturated rings. The van der Waals surface area contributed by atoms with Gasteiger partial charge in [-0.1, -0.05) is 18.2 Å². The zero-order chi connectivity index (χ0) is 18.6. The number of hydrogen-bond acceptors (Lipinski definition) is 3. The predicted molar refractivity (Wildman–Crippen MR) is 86.8 cm³/mol. The van der Waals surface area contributed by atoms with E-state index in [1.54, 1.807) is 6.07 Å². The number of halogens is 3. The summed E-state index contributed by atoms with van der Waals surface area (Å²) in [7, 11) is -3.92. The molecule has 0 spiro atoms. The molecule has 0 aliphatic rings. The molecule has 0 aliphatic heterocycles. The molecule has 1 amide bonds. The number of sulfonamides is 1. The lowest BCUT2D eigenvalue weighted by Crippen LogP contribution is -2.40. The molecular weight excluding hydrogens is 357 g/mol. The maximum absolute atomic E-state index is 13.5. The second kappa shape index (κ2) is 7.56. The largest absolute Gasteiger partial charge is 0.350 e. The fourth-order valence-electron chi connectivity index (χ4n) is 2.06. The van der Waals surface area contributed by atoms with E-state index in [1.807, 2.05) is 0 Å². The second-order valence-corrected chi connectivity index (χ2v) is 7.14. The number of hydrogen-bond donors (Lipinski definition) is 1. The monoisotopic (exact) mass is 372 g/mol. The first-order valence-corrected chi connectivity index (χ1v) is 8.96. The Bertz CT molecular complexity index is 888. The van der Waals surface area contributed by atoms with Gasteiger partial charge in [0, 0.05) is 18.2 Å². The highest BCUT2D eigenvalue weighted by molar-refractivity contribution is 7.92. The van der Waals surface area contributed by atoms with Crippen LogP contribution in [0.5, 0.6) is 0 Å². The first-order chi connectivity index (χ1) is 11.7. The molecule has 0 aliphatic carbocycles. The van der Waals surface area contributed by atoms with Gasteiger partial charge in [-0.2, -0.15) is 0 Å². The van der Waals surface area contributed by atoms with Gasteiger partial charge in [0.1, 0.15) is 12.4 Å². The standard InChI is InChI=1S/C16H15F3N2O3S/c1-25(23,24)21(12-6-7-14(18)15(19)8-12)10-16(22)20-9-11-4-2-3-5-13(11)17/h2-8H,9-10H2,1H3,(H,20,22). The highest BCUT2D eigenvalue weighted by Crippen LogP contribution is 2.20. The first kappa shape index (κ1) is 18.8. The van der Waals surface area contributed by atoms with Crippen molar-refractivity contribution < 1.29 is 26.4 Å². The van der Waals surface area contributed by atoms with Crippen LogP contribution in [0.2, 0.25) is 0 Å². The van der Waals surface area contributed by atoms with Crippen LogP contribution < -0.4 is 9.62 Å². The Morgan fingerprint density at radius 2 is 1.72 bits per heavy atom. The smallest absolute Gasteiger partial charge is 0.241 e. The van der Waals surface area contributed by atoms with Crippen molar-refractivity contribution in [1.29, 1.82) is 0 Å². The quantitative estimate of drug-likeness (QED) is 0.845. The average Bonchev–Trinajstić information content (AvgIpc) is 2.53. The van der Waals surface area contributed by atoms with Crippen LogP contribution in [0.1, 0.15) is 5.56 Å². The topological polar surface area (TPSA) is 66.5 Å². The number of carbonyl (C=O) groups excluding carboxylic acids is 1. The van der Waals surface area contributed by atoms with E-state index in [0.29, 0.717) is 10.4 Å². The van der Waals surface area contributed by atoms with E-state index in [0.717, 1.165) is 18.4 Å². The van der Waals surface area contributed by atoms with Crippen LogP contribution in [0.25, 0.3) is 0 Å². The molecule has 0 atom stereocenters. The van der Waals surface area contributed by atoms with Gasteiger partial charge in [-0.25, -0.2) is 21.6 Å². The zero-order valence-electron chi connectivity index (χ0n) is 13.2. The Balaban J connectivity index is 2.13. The van der Waals surface area contributed by atoms with Gasteiger partial charge in [-0.05, 0) is 18.2 Å². The van der Waals surface area contributed by atoms with Gasteiger partial charge in [-0.15, -0.1) is 0 Å². The molecule has 5 nitrogen and oxygen atoms in total. The van der Waals surface area contributed by atoms with Crippen LogP contribution in [0.3, 0.4) is 0 Å². The van der Waals surface area contributed by atoms with Crippen molar-refractivity contribution in [1.82, 2.24) is 5.32 Å². The predicted octanol–water partition coefficient (Wildman–Crippen LogP) is 2.19. The summed E-state index contributed by atoms with van der Waals surface area (Å²) in [6, 6.07) is 8.28. The summed E-state index contributed by atoms with van der Waals surface area (Å²) in [5, 5.41) is 2.39. The van der Waals surface area contributed by atoms with Crippen molar-refractivity contribution in [2.24, 2.45) is 0 Å². The van der Waals surface area contributed by atoms with E-state index in [9.17, 15) is 26.4 Å². The molecular formula is C16H15F3N2O3S. The molecule has 134 valence electrons. The first-order valence-electron chi connectivity index (χ1n) is 7.11. The van der Waals surface area contributed by atoms with E-state index >= 15 is 0 Å². The molecule has 2 rings (SSSR count). The van der Waals surface area contributed by atoms with Gasteiger partial charge in [0.15, 0.2) is 11.6 Å². The van der Waals surface area contributed by atoms with Gasteiger partial charge in [-0.3, -0.25) is 9.10 Å². The Labute approximate surface area is 143 Å². The van der Waals surface area contributed by atoms with E-state index < -0.39 is 39.9 Å². The van der Waals surface area contributed by atoms with Crippen molar-refractivity contribution >= 4 is 21.6 Å². The normalized spacial score (nSPS) is 11.2. The number of benzene rings is 2. The van der Waals surface area contributed by atoms with Crippen LogP contribution in [0.4, 0.5) is 18.9 Å². The summed E-state index contributed by atoms with van der Waals surface area (Å²) in [5.74, 6) is -3.61. The molecule has 0 unspecified atom stereocenters. The third-order valence-corrected chi connectivity index (χ3v) is 4.45. The Morgan fingerprint density at radius 1 is 1.04 bits per heavy atom. The Morgan fingerprint density at radius 3 is 2.32 bits per heavy atom. The van der Waals surface area contributed by atoms with Crippen molar-refractivity contribution in [2.45, 2.75) is 6.54 Å². The molecule has 2 aromatic carbocycles. The van der Waals surface area contributed by atoms with Crippen molar-refractivity contribution in [3.8, 4) is 0 Å². The number of anilines is 1. The highest BCUT2D eigenvalue weighted by Gasteiger charge is 2.22. The molecule has 25 heavy (non-hydrogen) atoms. The Hall–Kier alpha value is -2.55. The summed E-state index contributed by atoms with van der Waals surface area (Å²) >= 11 is 0. The number of nitrogens with zero attached hydrogens (tertiary/aromatic N) is 1. The SMILES string of the molecule is CS(=O)(=O)N(CC(=O)NCc1ccccc1F)c1ccc(F)c(F)c1. The molecule has 2 aromatic rings. The molecule has 0 bridgehead atoms. The summed E-state index contributed by atoms with van der Waals surface area (Å²) in [4.78, 5) is 12.0. The third kappa shape index (κ3) is 4.96. The molecule has 0 aromatic heterocycles. The minimum atomic E-state index is -3.92. The second-order valence-electron chi connectivity index (χ2n) is 5.24. The maximum Gasteiger partial charge on any atom is 0.241 e. The summed E-state index contributed by atoms with van der Waals surface area (Å²) in [6.45, 7) is -0.792. The lowest BCUT2D eigenvalue weighted by Gasteiger charge is -2.22. The van der Waals surface area contributed by atoms with E-state index in [1.165, 1.54) is 18.2 Å². The lowest BCUT2D eigenvalue weighted by atomic mass is 10.2. The molecule has 0 saturated heterocycles. The number of carbonyl (C=O) groups is 1. The van der Waals surface area contributed by atoms with Crippen molar-refractivity contribution in [3.63, 3.8) is 0 Å². The third-order valence-electron chi connectivity index (χ3n) is 3.31. The van der Waals surface area contributed by atoms with Crippen LogP contribution >= 0.6 is 0 Å². The van der Waals surface area contributed by atoms with Gasteiger partial charge in [0.2, 0.25) is 15.9 Å². The van der Waals surface area contributed by atoms with Crippen LogP contribution in [0, 0.1) is 17.5 Å². The van der Waals surface area contributed by atoms with Gasteiger partial charge in [0.05, 0.1) is 11.9 Å². The highest BCUT2D eigenvalue weighted by atomic mass is 32.2. The maximum atomic E-state index is 13.5. The summed E-state index contributed by atoms with van der Waals surface area (Å²) < 4.78 is 64.2. The summed E-state index contributed by atoms with van der Waals surface area (Å²) in [5.41, 5.74) is 0.0389. The average molecular weight is 372 g/mol. The molecule has 0 radical (unpaired) electrons. The molecule has 0 heterocycles. The van der Waals surface area contributed by atoms with Crippen LogP contribution in [0.15, 0.2) is 42.5 Å². The zero-order valence-corrected chi connectivity index (χ0v) is 14.0. The summed E-state index contributed by atoms with van der Waals surface area (Å²) in [6.07, 6.45) is 0.832. The van der Waals surface area contributed by atoms with Crippen molar-refractivity contribution in [3.05, 3.63) is 65.5 Å². The van der Waals surface area contributed by atoms with Crippen LogP contribution in [-0.2, 0) is 21.4 Å². The van der Waals surface area contributed by atoms with E-state index in [2.05, 4.69) is 5.32 Å². The number of amides is 1. The Kier molecular flexibility index (Phi) is 5.68. The fraction of sp³-hybridized carbons (Fsp3) is 0.188. The number of rotatable bonds is 6. The fourth-order valence-corrected chi connectivity index (χ4v) is 2.91. The van der Waals surface area contributed by atoms with Gasteiger partial charge < -0.3 is 5.32 Å².